The lowest BCUT2D eigenvalue weighted by atomic mass is 9.96. The molecule has 1 aliphatic heterocycles. The van der Waals surface area contributed by atoms with E-state index in [9.17, 15) is 4.79 Å². The van der Waals surface area contributed by atoms with Gasteiger partial charge in [-0.05, 0) is 76.9 Å². The summed E-state index contributed by atoms with van der Waals surface area (Å²) in [6.07, 6.45) is 2.16. The summed E-state index contributed by atoms with van der Waals surface area (Å²) in [7, 11) is 0. The molecule has 1 fully saturated rings. The summed E-state index contributed by atoms with van der Waals surface area (Å²) in [5, 5.41) is 3.00. The quantitative estimate of drug-likeness (QED) is 0.520. The molecule has 7 nitrogen and oxygen atoms in total. The van der Waals surface area contributed by atoms with Crippen LogP contribution in [-0.4, -0.2) is 53.2 Å². The summed E-state index contributed by atoms with van der Waals surface area (Å²) in [5.41, 5.74) is 2.99. The van der Waals surface area contributed by atoms with E-state index in [1.165, 1.54) is 5.52 Å². The summed E-state index contributed by atoms with van der Waals surface area (Å²) < 4.78 is 13.6. The molecular weight excluding hydrogens is 416 g/mol. The summed E-state index contributed by atoms with van der Waals surface area (Å²) >= 11 is 0. The number of piperidine rings is 1. The van der Waals surface area contributed by atoms with Crippen molar-refractivity contribution in [2.45, 2.75) is 40.2 Å². The van der Waals surface area contributed by atoms with Crippen LogP contribution in [0, 0.1) is 12.8 Å². The van der Waals surface area contributed by atoms with Crippen molar-refractivity contribution < 1.29 is 14.3 Å². The van der Waals surface area contributed by atoms with E-state index in [4.69, 9.17) is 9.47 Å². The first-order valence-corrected chi connectivity index (χ1v) is 11.9. The molecule has 0 aliphatic carbocycles. The van der Waals surface area contributed by atoms with Gasteiger partial charge in [-0.25, -0.2) is 4.98 Å². The Hall–Kier alpha value is -3.06. The fraction of sp³-hybridized carbons (Fsp3) is 0.462. The number of carbonyl (C=O) groups is 1. The van der Waals surface area contributed by atoms with Crippen LogP contribution in [0.1, 0.15) is 32.5 Å². The van der Waals surface area contributed by atoms with Crippen molar-refractivity contribution in [3.8, 4) is 11.5 Å². The third-order valence-electron chi connectivity index (χ3n) is 6.19. The van der Waals surface area contributed by atoms with Crippen LogP contribution in [0.2, 0.25) is 0 Å². The number of aryl methyl sites for hydroxylation is 1. The normalized spacial score (nSPS) is 15.0. The van der Waals surface area contributed by atoms with E-state index in [2.05, 4.69) is 44.9 Å². The van der Waals surface area contributed by atoms with Crippen molar-refractivity contribution in [2.75, 3.05) is 38.2 Å². The zero-order valence-corrected chi connectivity index (χ0v) is 19.8. The van der Waals surface area contributed by atoms with Crippen LogP contribution in [0.25, 0.3) is 11.0 Å². The van der Waals surface area contributed by atoms with Gasteiger partial charge >= 0.3 is 0 Å². The number of hydrogen-bond donors (Lipinski definition) is 1. The van der Waals surface area contributed by atoms with E-state index in [0.29, 0.717) is 37.2 Å². The third-order valence-corrected chi connectivity index (χ3v) is 6.19. The molecule has 1 saturated heterocycles. The van der Waals surface area contributed by atoms with Gasteiger partial charge in [0, 0.05) is 18.3 Å². The summed E-state index contributed by atoms with van der Waals surface area (Å²) in [6.45, 7) is 10.3. The number of imidazole rings is 1. The average molecular weight is 451 g/mol. The van der Waals surface area contributed by atoms with Crippen LogP contribution in [0.4, 0.5) is 5.69 Å². The smallest absolute Gasteiger partial charge is 0.238 e. The summed E-state index contributed by atoms with van der Waals surface area (Å²) in [4.78, 5) is 19.6. The molecule has 1 amide bonds. The van der Waals surface area contributed by atoms with Crippen LogP contribution in [0.15, 0.2) is 42.5 Å². The lowest BCUT2D eigenvalue weighted by molar-refractivity contribution is -0.117. The van der Waals surface area contributed by atoms with E-state index in [0.717, 1.165) is 49.5 Å². The number of benzene rings is 2. The Morgan fingerprint density at radius 2 is 1.79 bits per heavy atom. The maximum atomic E-state index is 12.7. The lowest BCUT2D eigenvalue weighted by Gasteiger charge is -2.32. The number of carbonyl (C=O) groups excluding carboxylic acids is 1. The lowest BCUT2D eigenvalue weighted by Crippen LogP contribution is -2.40. The Bertz CT molecular complexity index is 1090. The molecule has 1 aliphatic rings. The molecule has 2 heterocycles. The third kappa shape index (κ3) is 5.66. The van der Waals surface area contributed by atoms with E-state index in [-0.39, 0.29) is 5.91 Å². The second-order valence-corrected chi connectivity index (χ2v) is 8.55. The molecule has 0 saturated carbocycles. The molecule has 0 bridgehead atoms. The van der Waals surface area contributed by atoms with Gasteiger partial charge in [-0.1, -0.05) is 12.1 Å². The molecule has 0 radical (unpaired) electrons. The number of hydrogen-bond acceptors (Lipinski definition) is 5. The van der Waals surface area contributed by atoms with Gasteiger partial charge in [0.1, 0.15) is 5.82 Å². The van der Waals surface area contributed by atoms with Gasteiger partial charge in [-0.15, -0.1) is 0 Å². The molecule has 33 heavy (non-hydrogen) atoms. The number of fused-ring (bicyclic) bond motifs is 1. The number of likely N-dealkylation sites (tertiary alicyclic amines) is 1. The molecule has 0 unspecified atom stereocenters. The predicted octanol–water partition coefficient (Wildman–Crippen LogP) is 4.49. The van der Waals surface area contributed by atoms with Gasteiger partial charge in [0.2, 0.25) is 5.91 Å². The molecule has 176 valence electrons. The number of aromatic nitrogens is 2. The minimum Gasteiger partial charge on any atom is -0.490 e. The number of ether oxygens (including phenoxy) is 2. The van der Waals surface area contributed by atoms with E-state index in [1.54, 1.807) is 0 Å². The molecule has 2 aromatic carbocycles. The minimum absolute atomic E-state index is 0.00323. The molecule has 1 aromatic heterocycles. The zero-order valence-electron chi connectivity index (χ0n) is 19.8. The number of nitrogens with zero attached hydrogens (tertiary/aromatic N) is 3. The van der Waals surface area contributed by atoms with Crippen molar-refractivity contribution in [3.63, 3.8) is 0 Å². The van der Waals surface area contributed by atoms with Crippen molar-refractivity contribution in [3.05, 3.63) is 48.3 Å². The zero-order chi connectivity index (χ0) is 23.2. The number of nitrogens with one attached hydrogen (secondary N) is 1. The Balaban J connectivity index is 1.29. The van der Waals surface area contributed by atoms with Crippen LogP contribution < -0.4 is 14.8 Å². The second-order valence-electron chi connectivity index (χ2n) is 8.55. The summed E-state index contributed by atoms with van der Waals surface area (Å²) in [5.74, 6) is 3.01. The number of para-hydroxylation sites is 2. The van der Waals surface area contributed by atoms with Gasteiger partial charge in [0.15, 0.2) is 11.5 Å². The fourth-order valence-electron chi connectivity index (χ4n) is 4.54. The first kappa shape index (κ1) is 23.1. The highest BCUT2D eigenvalue weighted by Crippen LogP contribution is 2.30. The fourth-order valence-corrected chi connectivity index (χ4v) is 4.54. The maximum Gasteiger partial charge on any atom is 0.238 e. The second kappa shape index (κ2) is 10.7. The maximum absolute atomic E-state index is 12.7. The molecule has 1 N–H and O–H groups in total. The first-order chi connectivity index (χ1) is 16.1. The Morgan fingerprint density at radius 1 is 1.06 bits per heavy atom. The Kier molecular flexibility index (Phi) is 7.50. The molecule has 7 heteroatoms. The highest BCUT2D eigenvalue weighted by Gasteiger charge is 2.22. The van der Waals surface area contributed by atoms with Gasteiger partial charge in [0.05, 0.1) is 30.8 Å². The largest absolute Gasteiger partial charge is 0.490 e. The van der Waals surface area contributed by atoms with Crippen LogP contribution in [0.3, 0.4) is 0 Å². The average Bonchev–Trinajstić information content (AvgIpc) is 3.12. The Labute approximate surface area is 195 Å². The van der Waals surface area contributed by atoms with Gasteiger partial charge in [-0.3, -0.25) is 9.69 Å². The molecule has 0 spiro atoms. The minimum atomic E-state index is -0.00323. The van der Waals surface area contributed by atoms with Gasteiger partial charge in [0.25, 0.3) is 0 Å². The van der Waals surface area contributed by atoms with Crippen LogP contribution in [-0.2, 0) is 11.3 Å². The van der Waals surface area contributed by atoms with E-state index in [1.807, 2.05) is 38.1 Å². The van der Waals surface area contributed by atoms with Gasteiger partial charge < -0.3 is 19.4 Å². The van der Waals surface area contributed by atoms with Crippen LogP contribution >= 0.6 is 0 Å². The number of anilines is 1. The van der Waals surface area contributed by atoms with Crippen molar-refractivity contribution in [2.24, 2.45) is 5.92 Å². The Morgan fingerprint density at radius 3 is 2.55 bits per heavy atom. The SMILES string of the molecule is CCOc1ccc(NC(=O)CN2CCC(Cn3c(C)nc4ccccc43)CC2)cc1OCC. The van der Waals surface area contributed by atoms with Crippen LogP contribution in [0.5, 0.6) is 11.5 Å². The van der Waals surface area contributed by atoms with Crippen molar-refractivity contribution in [1.29, 1.82) is 0 Å². The van der Waals surface area contributed by atoms with E-state index < -0.39 is 0 Å². The van der Waals surface area contributed by atoms with Gasteiger partial charge in [-0.2, -0.15) is 0 Å². The highest BCUT2D eigenvalue weighted by atomic mass is 16.5. The predicted molar refractivity (Wildman–Crippen MR) is 131 cm³/mol. The molecular formula is C26H34N4O3. The molecule has 3 aromatic rings. The first-order valence-electron chi connectivity index (χ1n) is 11.9. The summed E-state index contributed by atoms with van der Waals surface area (Å²) in [6, 6.07) is 13.9. The standard InChI is InChI=1S/C26H34N4O3/c1-4-32-24-11-10-21(16-25(24)33-5-2)28-26(31)18-29-14-12-20(13-15-29)17-30-19(3)27-22-8-6-7-9-23(22)30/h6-11,16,20H,4-5,12-15,17-18H2,1-3H3,(H,28,31). The molecule has 4 rings (SSSR count). The monoisotopic (exact) mass is 450 g/mol. The van der Waals surface area contributed by atoms with Crippen molar-refractivity contribution >= 4 is 22.6 Å². The number of amides is 1. The molecule has 0 atom stereocenters. The topological polar surface area (TPSA) is 68.6 Å². The van der Waals surface area contributed by atoms with Crippen molar-refractivity contribution in [1.82, 2.24) is 14.5 Å². The number of rotatable bonds is 9. The van der Waals surface area contributed by atoms with E-state index >= 15 is 0 Å². The highest BCUT2D eigenvalue weighted by molar-refractivity contribution is 5.92.